The van der Waals surface area contributed by atoms with E-state index >= 15 is 0 Å². The lowest BCUT2D eigenvalue weighted by atomic mass is 9.89. The second-order valence-electron chi connectivity index (χ2n) is 16.4. The molecule has 64 heavy (non-hydrogen) atoms. The second-order valence-corrected chi connectivity index (χ2v) is 16.4. The van der Waals surface area contributed by atoms with E-state index in [1.54, 1.807) is 0 Å². The quantitative estimate of drug-likeness (QED) is 0.141. The molecular weight excluding hydrogens is 773 g/mol. The van der Waals surface area contributed by atoms with Crippen molar-refractivity contribution in [1.82, 2.24) is 0 Å². The van der Waals surface area contributed by atoms with Crippen LogP contribution < -0.4 is 9.80 Å². The molecule has 12 aromatic carbocycles. The lowest BCUT2D eigenvalue weighted by Crippen LogP contribution is -2.13. The van der Waals surface area contributed by atoms with Crippen molar-refractivity contribution in [2.45, 2.75) is 0 Å². The minimum Gasteiger partial charge on any atom is -0.310 e. The summed E-state index contributed by atoms with van der Waals surface area (Å²) >= 11 is 0. The molecule has 0 aliphatic carbocycles. The van der Waals surface area contributed by atoms with Gasteiger partial charge in [0.2, 0.25) is 0 Å². The Morgan fingerprint density at radius 2 is 0.625 bits per heavy atom. The molecule has 300 valence electrons. The first kappa shape index (κ1) is 37.3. The van der Waals surface area contributed by atoms with E-state index in [1.807, 2.05) is 0 Å². The van der Waals surface area contributed by atoms with E-state index in [4.69, 9.17) is 0 Å². The topological polar surface area (TPSA) is 6.48 Å². The van der Waals surface area contributed by atoms with Crippen molar-refractivity contribution in [3.63, 3.8) is 0 Å². The monoisotopic (exact) mass is 814 g/mol. The van der Waals surface area contributed by atoms with Crippen molar-refractivity contribution in [1.29, 1.82) is 0 Å². The molecule has 0 bridgehead atoms. The van der Waals surface area contributed by atoms with Gasteiger partial charge in [-0.2, -0.15) is 0 Å². The first-order valence-electron chi connectivity index (χ1n) is 22.0. The number of nitrogens with zero attached hydrogens (tertiary/aromatic N) is 2. The predicted octanol–water partition coefficient (Wildman–Crippen LogP) is 17.7. The summed E-state index contributed by atoms with van der Waals surface area (Å²) in [7, 11) is 0. The zero-order valence-electron chi connectivity index (χ0n) is 35.1. The number of fused-ring (bicyclic) bond motifs is 7. The number of benzene rings is 12. The summed E-state index contributed by atoms with van der Waals surface area (Å²) in [6.07, 6.45) is 0. The zero-order valence-corrected chi connectivity index (χ0v) is 35.1. The molecule has 0 unspecified atom stereocenters. The molecule has 0 amide bonds. The molecule has 0 heterocycles. The number of hydrogen-bond donors (Lipinski definition) is 0. The Labute approximate surface area is 373 Å². The summed E-state index contributed by atoms with van der Waals surface area (Å²) in [5, 5.41) is 12.1. The Balaban J connectivity index is 1.25. The maximum Gasteiger partial charge on any atom is 0.0546 e. The Kier molecular flexibility index (Phi) is 9.20. The maximum absolute atomic E-state index is 2.49. The maximum atomic E-state index is 2.49. The molecule has 0 saturated heterocycles. The molecule has 2 nitrogen and oxygen atoms in total. The molecule has 0 N–H and O–H groups in total. The number of rotatable bonds is 8. The summed E-state index contributed by atoms with van der Waals surface area (Å²) in [4.78, 5) is 4.96. The second kappa shape index (κ2) is 15.8. The molecule has 2 heteroatoms. The predicted molar refractivity (Wildman–Crippen MR) is 274 cm³/mol. The number of anilines is 6. The number of para-hydroxylation sites is 2. The summed E-state index contributed by atoms with van der Waals surface area (Å²) < 4.78 is 0. The highest BCUT2D eigenvalue weighted by molar-refractivity contribution is 6.20. The van der Waals surface area contributed by atoms with Crippen LogP contribution in [-0.2, 0) is 0 Å². The van der Waals surface area contributed by atoms with E-state index in [2.05, 4.69) is 265 Å². The van der Waals surface area contributed by atoms with Gasteiger partial charge in [0.05, 0.1) is 17.1 Å². The van der Waals surface area contributed by atoms with Crippen LogP contribution in [0.5, 0.6) is 0 Å². The van der Waals surface area contributed by atoms with Crippen molar-refractivity contribution in [3.8, 4) is 22.3 Å². The summed E-state index contributed by atoms with van der Waals surface area (Å²) in [5.74, 6) is 0. The molecule has 12 rings (SSSR count). The van der Waals surface area contributed by atoms with Crippen LogP contribution in [0.3, 0.4) is 0 Å². The fourth-order valence-electron chi connectivity index (χ4n) is 9.91. The van der Waals surface area contributed by atoms with Crippen LogP contribution >= 0.6 is 0 Å². The highest BCUT2D eigenvalue weighted by atomic mass is 15.2. The van der Waals surface area contributed by atoms with Gasteiger partial charge in [0, 0.05) is 33.2 Å². The minimum atomic E-state index is 1.07. The highest BCUT2D eigenvalue weighted by Crippen LogP contribution is 2.51. The first-order valence-corrected chi connectivity index (χ1v) is 22.0. The molecule has 0 aromatic heterocycles. The van der Waals surface area contributed by atoms with Crippen LogP contribution in [0.1, 0.15) is 0 Å². The average Bonchev–Trinajstić information content (AvgIpc) is 3.37. The molecular formula is C62H42N2. The Morgan fingerprint density at radius 3 is 1.16 bits per heavy atom. The van der Waals surface area contributed by atoms with Gasteiger partial charge in [-0.15, -0.1) is 0 Å². The Morgan fingerprint density at radius 1 is 0.219 bits per heavy atom. The van der Waals surface area contributed by atoms with Crippen molar-refractivity contribution < 1.29 is 0 Å². The van der Waals surface area contributed by atoms with Gasteiger partial charge in [0.1, 0.15) is 0 Å². The summed E-state index contributed by atoms with van der Waals surface area (Å²) in [6, 6.07) is 93.0. The van der Waals surface area contributed by atoms with E-state index in [0.717, 1.165) is 50.6 Å². The van der Waals surface area contributed by atoms with Crippen LogP contribution in [0, 0.1) is 0 Å². The van der Waals surface area contributed by atoms with E-state index in [9.17, 15) is 0 Å². The SMILES string of the molecule is c1ccc(-c2ccc(N(c3ccccc3)c3cc4ccccc4c4ccccc34)c3cc(N(c4ccccc4)c4cc5ccccc5c5ccccc45)cc(-c4ccccc4)c23)cc1. The third-order valence-corrected chi connectivity index (χ3v) is 12.7. The van der Waals surface area contributed by atoms with Gasteiger partial charge in [-0.05, 0) is 115 Å². The van der Waals surface area contributed by atoms with Gasteiger partial charge in [0.15, 0.2) is 0 Å². The van der Waals surface area contributed by atoms with Gasteiger partial charge in [0.25, 0.3) is 0 Å². The third kappa shape index (κ3) is 6.35. The van der Waals surface area contributed by atoms with E-state index in [1.165, 1.54) is 59.6 Å². The third-order valence-electron chi connectivity index (χ3n) is 12.7. The van der Waals surface area contributed by atoms with E-state index in [0.29, 0.717) is 0 Å². The van der Waals surface area contributed by atoms with E-state index in [-0.39, 0.29) is 0 Å². The van der Waals surface area contributed by atoms with Gasteiger partial charge in [-0.25, -0.2) is 0 Å². The molecule has 0 fully saturated rings. The molecule has 0 atom stereocenters. The first-order chi connectivity index (χ1) is 31.8. The lowest BCUT2D eigenvalue weighted by Gasteiger charge is -2.32. The molecule has 0 saturated carbocycles. The summed E-state index contributed by atoms with van der Waals surface area (Å²) in [5.41, 5.74) is 11.3. The normalized spacial score (nSPS) is 11.4. The van der Waals surface area contributed by atoms with Crippen LogP contribution in [0.25, 0.3) is 76.1 Å². The molecule has 0 aliphatic rings. The fraction of sp³-hybridized carbons (Fsp3) is 0. The standard InChI is InChI=1S/C62H42N2/c1-5-21-43(22-6-1)52-37-38-59(64(48-29-11-4-12-30-48)61-40-46-26-14-16-32-51(46)54-34-18-20-36-56(54)61)58-42-49(41-57(62(52)58)44-23-7-2-8-24-44)63(47-27-9-3-10-28-47)60-39-45-25-13-15-31-50(45)53-33-17-19-35-55(53)60/h1-42H. The Hall–Kier alpha value is -8.46. The van der Waals surface area contributed by atoms with Crippen LogP contribution in [0.2, 0.25) is 0 Å². The smallest absolute Gasteiger partial charge is 0.0546 e. The van der Waals surface area contributed by atoms with Gasteiger partial charge in [-0.1, -0.05) is 200 Å². The Bertz CT molecular complexity index is 3660. The summed E-state index contributed by atoms with van der Waals surface area (Å²) in [6.45, 7) is 0. The highest BCUT2D eigenvalue weighted by Gasteiger charge is 2.25. The minimum absolute atomic E-state index is 1.07. The average molecular weight is 815 g/mol. The lowest BCUT2D eigenvalue weighted by molar-refractivity contribution is 1.30. The van der Waals surface area contributed by atoms with Crippen LogP contribution in [-0.4, -0.2) is 0 Å². The molecule has 0 radical (unpaired) electrons. The van der Waals surface area contributed by atoms with Gasteiger partial charge in [-0.3, -0.25) is 0 Å². The van der Waals surface area contributed by atoms with Crippen molar-refractivity contribution in [2.24, 2.45) is 0 Å². The largest absolute Gasteiger partial charge is 0.310 e. The van der Waals surface area contributed by atoms with E-state index < -0.39 is 0 Å². The van der Waals surface area contributed by atoms with Crippen molar-refractivity contribution in [2.75, 3.05) is 9.80 Å². The number of hydrogen-bond acceptors (Lipinski definition) is 2. The zero-order chi connectivity index (χ0) is 42.4. The van der Waals surface area contributed by atoms with Crippen molar-refractivity contribution >= 4 is 88.0 Å². The fourth-order valence-corrected chi connectivity index (χ4v) is 9.91. The van der Waals surface area contributed by atoms with Crippen LogP contribution in [0.15, 0.2) is 255 Å². The van der Waals surface area contributed by atoms with Gasteiger partial charge < -0.3 is 9.80 Å². The molecule has 0 aliphatic heterocycles. The molecule has 12 aromatic rings. The molecule has 0 spiro atoms. The van der Waals surface area contributed by atoms with Crippen molar-refractivity contribution in [3.05, 3.63) is 255 Å². The van der Waals surface area contributed by atoms with Gasteiger partial charge >= 0.3 is 0 Å². The van der Waals surface area contributed by atoms with Crippen LogP contribution in [0.4, 0.5) is 34.1 Å².